The molecule has 3 nitrogen and oxygen atoms in total. The Kier molecular flexibility index (Phi) is 7.15. The lowest BCUT2D eigenvalue weighted by atomic mass is 9.98. The summed E-state index contributed by atoms with van der Waals surface area (Å²) in [7, 11) is 0. The molecular formula is C22H27NO2S. The van der Waals surface area contributed by atoms with Gasteiger partial charge in [-0.1, -0.05) is 48.0 Å². The summed E-state index contributed by atoms with van der Waals surface area (Å²) in [5, 5.41) is 0. The monoisotopic (exact) mass is 369 g/mol. The van der Waals surface area contributed by atoms with Gasteiger partial charge in [-0.05, 0) is 43.4 Å². The summed E-state index contributed by atoms with van der Waals surface area (Å²) in [6.45, 7) is 5.24. The third kappa shape index (κ3) is 5.89. The van der Waals surface area contributed by atoms with Crippen LogP contribution in [0, 0.1) is 12.8 Å². The van der Waals surface area contributed by atoms with Crippen molar-refractivity contribution >= 4 is 17.7 Å². The van der Waals surface area contributed by atoms with Gasteiger partial charge in [0.25, 0.3) is 0 Å². The Labute approximate surface area is 160 Å². The topological polar surface area (TPSA) is 29.5 Å². The predicted molar refractivity (Wildman–Crippen MR) is 107 cm³/mol. The van der Waals surface area contributed by atoms with Crippen molar-refractivity contribution in [2.75, 3.05) is 25.4 Å². The normalized spacial score (nSPS) is 15.2. The molecule has 0 spiro atoms. The third-order valence-electron chi connectivity index (χ3n) is 4.82. The number of benzene rings is 2. The maximum absolute atomic E-state index is 12.4. The van der Waals surface area contributed by atoms with Gasteiger partial charge in [-0.3, -0.25) is 4.79 Å². The van der Waals surface area contributed by atoms with Crippen molar-refractivity contribution in [1.82, 2.24) is 4.90 Å². The first-order valence-corrected chi connectivity index (χ1v) is 10.3. The standard InChI is InChI=1S/C22H27NO2S/c1-18-7-9-21(10-8-18)26-17-22(24)23-13-11-20(12-14-23)16-25-15-19-5-3-2-4-6-19/h2-10,20H,11-17H2,1H3. The SMILES string of the molecule is Cc1ccc(SCC(=O)N2CCC(COCc3ccccc3)CC2)cc1. The van der Waals surface area contributed by atoms with Crippen molar-refractivity contribution in [3.63, 3.8) is 0 Å². The molecule has 1 heterocycles. The Morgan fingerprint density at radius 2 is 1.77 bits per heavy atom. The van der Waals surface area contributed by atoms with Gasteiger partial charge in [0.1, 0.15) is 0 Å². The van der Waals surface area contributed by atoms with Crippen LogP contribution in [-0.2, 0) is 16.1 Å². The van der Waals surface area contributed by atoms with E-state index >= 15 is 0 Å². The largest absolute Gasteiger partial charge is 0.376 e. The molecule has 2 aromatic carbocycles. The van der Waals surface area contributed by atoms with Crippen molar-refractivity contribution in [2.24, 2.45) is 5.92 Å². The number of thioether (sulfide) groups is 1. The van der Waals surface area contributed by atoms with E-state index in [0.29, 0.717) is 18.3 Å². The van der Waals surface area contributed by atoms with Crippen molar-refractivity contribution < 1.29 is 9.53 Å². The molecule has 0 bridgehead atoms. The fourth-order valence-electron chi connectivity index (χ4n) is 3.14. The molecule has 1 aliphatic rings. The smallest absolute Gasteiger partial charge is 0.232 e. The fraction of sp³-hybridized carbons (Fsp3) is 0.409. The van der Waals surface area contributed by atoms with E-state index in [2.05, 4.69) is 43.3 Å². The van der Waals surface area contributed by atoms with Gasteiger partial charge in [0.05, 0.1) is 12.4 Å². The van der Waals surface area contributed by atoms with E-state index in [1.54, 1.807) is 11.8 Å². The molecule has 1 amide bonds. The Hall–Kier alpha value is -1.78. The van der Waals surface area contributed by atoms with Crippen molar-refractivity contribution in [3.05, 3.63) is 65.7 Å². The first-order valence-electron chi connectivity index (χ1n) is 9.29. The Morgan fingerprint density at radius 1 is 1.08 bits per heavy atom. The highest BCUT2D eigenvalue weighted by atomic mass is 32.2. The lowest BCUT2D eigenvalue weighted by Gasteiger charge is -2.32. The first-order chi connectivity index (χ1) is 12.7. The number of ether oxygens (including phenoxy) is 1. The van der Waals surface area contributed by atoms with Crippen LogP contribution >= 0.6 is 11.8 Å². The highest BCUT2D eigenvalue weighted by Crippen LogP contribution is 2.22. The second-order valence-electron chi connectivity index (χ2n) is 6.93. The summed E-state index contributed by atoms with van der Waals surface area (Å²) in [6.07, 6.45) is 2.07. The van der Waals surface area contributed by atoms with E-state index in [1.807, 2.05) is 23.1 Å². The van der Waals surface area contributed by atoms with E-state index < -0.39 is 0 Å². The van der Waals surface area contributed by atoms with Crippen LogP contribution in [0.5, 0.6) is 0 Å². The van der Waals surface area contributed by atoms with Crippen LogP contribution in [-0.4, -0.2) is 36.3 Å². The molecule has 0 aromatic heterocycles. The van der Waals surface area contributed by atoms with Crippen LogP contribution in [0.25, 0.3) is 0 Å². The van der Waals surface area contributed by atoms with Crippen molar-refractivity contribution in [2.45, 2.75) is 31.3 Å². The van der Waals surface area contributed by atoms with Gasteiger partial charge in [-0.2, -0.15) is 0 Å². The van der Waals surface area contributed by atoms with Gasteiger partial charge in [0.2, 0.25) is 5.91 Å². The summed E-state index contributed by atoms with van der Waals surface area (Å²) >= 11 is 1.63. The van der Waals surface area contributed by atoms with Crippen LogP contribution in [0.2, 0.25) is 0 Å². The molecule has 138 valence electrons. The molecule has 4 heteroatoms. The Bertz CT molecular complexity index is 679. The molecule has 0 saturated carbocycles. The van der Waals surface area contributed by atoms with Crippen LogP contribution in [0.3, 0.4) is 0 Å². The van der Waals surface area contributed by atoms with Crippen LogP contribution in [0.15, 0.2) is 59.5 Å². The van der Waals surface area contributed by atoms with E-state index in [0.717, 1.165) is 37.4 Å². The average Bonchev–Trinajstić information content (AvgIpc) is 2.69. The number of nitrogens with zero attached hydrogens (tertiary/aromatic N) is 1. The Balaban J connectivity index is 1.33. The molecule has 1 saturated heterocycles. The molecule has 26 heavy (non-hydrogen) atoms. The number of likely N-dealkylation sites (tertiary alicyclic amines) is 1. The van der Waals surface area contributed by atoms with Crippen LogP contribution in [0.4, 0.5) is 0 Å². The number of carbonyl (C=O) groups excluding carboxylic acids is 1. The minimum atomic E-state index is 0.249. The maximum Gasteiger partial charge on any atom is 0.232 e. The number of carbonyl (C=O) groups is 1. The zero-order chi connectivity index (χ0) is 18.2. The van der Waals surface area contributed by atoms with Gasteiger partial charge in [0.15, 0.2) is 0 Å². The molecule has 2 aromatic rings. The van der Waals surface area contributed by atoms with Gasteiger partial charge in [-0.25, -0.2) is 0 Å². The third-order valence-corrected chi connectivity index (χ3v) is 5.81. The van der Waals surface area contributed by atoms with Gasteiger partial charge in [-0.15, -0.1) is 11.8 Å². The minimum Gasteiger partial charge on any atom is -0.376 e. The summed E-state index contributed by atoms with van der Waals surface area (Å²) in [5.41, 5.74) is 2.46. The second-order valence-corrected chi connectivity index (χ2v) is 7.98. The summed E-state index contributed by atoms with van der Waals surface area (Å²) in [6, 6.07) is 18.6. The highest BCUT2D eigenvalue weighted by Gasteiger charge is 2.22. The number of hydrogen-bond donors (Lipinski definition) is 0. The number of amides is 1. The number of aryl methyl sites for hydroxylation is 1. The Morgan fingerprint density at radius 3 is 2.46 bits per heavy atom. The second kappa shape index (κ2) is 9.79. The zero-order valence-corrected chi connectivity index (χ0v) is 16.2. The maximum atomic E-state index is 12.4. The predicted octanol–water partition coefficient (Wildman–Crippen LogP) is 4.54. The van der Waals surface area contributed by atoms with E-state index in [9.17, 15) is 4.79 Å². The summed E-state index contributed by atoms with van der Waals surface area (Å²) in [5.74, 6) is 1.34. The summed E-state index contributed by atoms with van der Waals surface area (Å²) in [4.78, 5) is 15.6. The van der Waals surface area contributed by atoms with Gasteiger partial charge >= 0.3 is 0 Å². The average molecular weight is 370 g/mol. The fourth-order valence-corrected chi connectivity index (χ4v) is 3.94. The minimum absolute atomic E-state index is 0.249. The summed E-state index contributed by atoms with van der Waals surface area (Å²) < 4.78 is 5.86. The van der Waals surface area contributed by atoms with Crippen molar-refractivity contribution in [3.8, 4) is 0 Å². The van der Waals surface area contributed by atoms with E-state index in [-0.39, 0.29) is 5.91 Å². The molecular weight excluding hydrogens is 342 g/mol. The number of rotatable bonds is 7. The molecule has 3 rings (SSSR count). The quantitative estimate of drug-likeness (QED) is 0.671. The van der Waals surface area contributed by atoms with Crippen LogP contribution in [0.1, 0.15) is 24.0 Å². The molecule has 0 atom stereocenters. The van der Waals surface area contributed by atoms with E-state index in [4.69, 9.17) is 4.74 Å². The lowest BCUT2D eigenvalue weighted by molar-refractivity contribution is -0.130. The van der Waals surface area contributed by atoms with Crippen LogP contribution < -0.4 is 0 Å². The molecule has 1 fully saturated rings. The first kappa shape index (κ1) is 19.0. The molecule has 0 N–H and O–H groups in total. The van der Waals surface area contributed by atoms with Crippen molar-refractivity contribution in [1.29, 1.82) is 0 Å². The van der Waals surface area contributed by atoms with Gasteiger partial charge in [0, 0.05) is 24.6 Å². The van der Waals surface area contributed by atoms with Gasteiger partial charge < -0.3 is 9.64 Å². The number of hydrogen-bond acceptors (Lipinski definition) is 3. The number of piperidine rings is 1. The zero-order valence-electron chi connectivity index (χ0n) is 15.4. The highest BCUT2D eigenvalue weighted by molar-refractivity contribution is 8.00. The molecule has 0 radical (unpaired) electrons. The van der Waals surface area contributed by atoms with E-state index in [1.165, 1.54) is 11.1 Å². The molecule has 1 aliphatic heterocycles. The lowest BCUT2D eigenvalue weighted by Crippen LogP contribution is -2.40. The molecule has 0 unspecified atom stereocenters. The molecule has 0 aliphatic carbocycles.